The summed E-state index contributed by atoms with van der Waals surface area (Å²) in [4.78, 5) is 15.8. The van der Waals surface area contributed by atoms with Crippen molar-refractivity contribution in [2.75, 3.05) is 13.1 Å². The lowest BCUT2D eigenvalue weighted by Crippen LogP contribution is -2.42. The second-order valence-corrected chi connectivity index (χ2v) is 4.83. The molecule has 0 amide bonds. The van der Waals surface area contributed by atoms with Gasteiger partial charge >= 0.3 is 5.97 Å². The van der Waals surface area contributed by atoms with Gasteiger partial charge < -0.3 is 15.4 Å². The summed E-state index contributed by atoms with van der Waals surface area (Å²) in [6.45, 7) is 6.97. The van der Waals surface area contributed by atoms with Crippen molar-refractivity contribution in [1.82, 2.24) is 10.6 Å². The molecule has 108 valence electrons. The first-order chi connectivity index (χ1) is 9.11. The first kappa shape index (κ1) is 15.5. The van der Waals surface area contributed by atoms with Crippen LogP contribution in [0.5, 0.6) is 0 Å². The van der Waals surface area contributed by atoms with E-state index in [4.69, 9.17) is 4.74 Å². The Morgan fingerprint density at radius 3 is 2.68 bits per heavy atom. The van der Waals surface area contributed by atoms with E-state index in [0.717, 1.165) is 25.3 Å². The van der Waals surface area contributed by atoms with Gasteiger partial charge in [0.15, 0.2) is 5.96 Å². The van der Waals surface area contributed by atoms with Crippen molar-refractivity contribution in [2.45, 2.75) is 52.2 Å². The average molecular weight is 267 g/mol. The first-order valence-electron chi connectivity index (χ1n) is 7.01. The minimum Gasteiger partial charge on any atom is -0.463 e. The van der Waals surface area contributed by atoms with E-state index in [-0.39, 0.29) is 12.1 Å². The molecule has 1 rings (SSSR count). The molecule has 2 N–H and O–H groups in total. The highest BCUT2D eigenvalue weighted by Crippen LogP contribution is 2.08. The molecule has 0 aromatic carbocycles. The van der Waals surface area contributed by atoms with Gasteiger partial charge in [0.1, 0.15) is 0 Å². The van der Waals surface area contributed by atoms with Crippen LogP contribution in [-0.4, -0.2) is 37.2 Å². The maximum Gasteiger partial charge on any atom is 0.307 e. The summed E-state index contributed by atoms with van der Waals surface area (Å²) in [5, 5.41) is 6.54. The number of hydrogen-bond donors (Lipinski definition) is 2. The Labute approximate surface area is 115 Å². The number of ether oxygens (including phenoxy) is 1. The lowest BCUT2D eigenvalue weighted by molar-refractivity contribution is -0.147. The van der Waals surface area contributed by atoms with E-state index in [0.29, 0.717) is 19.0 Å². The van der Waals surface area contributed by atoms with Gasteiger partial charge in [-0.2, -0.15) is 0 Å². The number of carbonyl (C=O) groups is 1. The fourth-order valence-electron chi connectivity index (χ4n) is 1.83. The Balaban J connectivity index is 2.33. The molecule has 5 nitrogen and oxygen atoms in total. The standard InChI is InChI=1S/C14H25N3O2/c1-4-15-14(17-12-7-5-6-8-12)16-10-9-13(18)19-11(2)3/h5-6,11-12H,4,7-10H2,1-3H3,(H2,15,16,17). The predicted octanol–water partition coefficient (Wildman–Crippen LogP) is 1.60. The van der Waals surface area contributed by atoms with Crippen LogP contribution < -0.4 is 10.6 Å². The molecule has 0 aromatic rings. The average Bonchev–Trinajstić information content (AvgIpc) is 2.81. The fourth-order valence-corrected chi connectivity index (χ4v) is 1.83. The predicted molar refractivity (Wildman–Crippen MR) is 77.1 cm³/mol. The van der Waals surface area contributed by atoms with Gasteiger partial charge in [0, 0.05) is 12.6 Å². The molecular formula is C14H25N3O2. The molecule has 0 aliphatic heterocycles. The summed E-state index contributed by atoms with van der Waals surface area (Å²) in [5.74, 6) is 0.575. The summed E-state index contributed by atoms with van der Waals surface area (Å²) in [6, 6.07) is 0.417. The van der Waals surface area contributed by atoms with Crippen LogP contribution in [0, 0.1) is 0 Å². The third-order valence-corrected chi connectivity index (χ3v) is 2.65. The van der Waals surface area contributed by atoms with Gasteiger partial charge in [-0.3, -0.25) is 9.79 Å². The lowest BCUT2D eigenvalue weighted by Gasteiger charge is -2.16. The molecule has 0 bridgehead atoms. The van der Waals surface area contributed by atoms with Gasteiger partial charge in [0.25, 0.3) is 0 Å². The number of hydrogen-bond acceptors (Lipinski definition) is 3. The van der Waals surface area contributed by atoms with Gasteiger partial charge in [-0.25, -0.2) is 0 Å². The maximum atomic E-state index is 11.4. The minimum atomic E-state index is -0.197. The molecule has 0 spiro atoms. The highest BCUT2D eigenvalue weighted by atomic mass is 16.5. The van der Waals surface area contributed by atoms with E-state index < -0.39 is 0 Å². The molecule has 0 fully saturated rings. The van der Waals surface area contributed by atoms with Crippen molar-refractivity contribution in [2.24, 2.45) is 4.99 Å². The smallest absolute Gasteiger partial charge is 0.307 e. The number of carbonyl (C=O) groups excluding carboxylic acids is 1. The monoisotopic (exact) mass is 267 g/mol. The van der Waals surface area contributed by atoms with E-state index in [1.54, 1.807) is 0 Å². The van der Waals surface area contributed by atoms with Crippen molar-refractivity contribution in [1.29, 1.82) is 0 Å². The molecule has 0 saturated heterocycles. The largest absolute Gasteiger partial charge is 0.463 e. The van der Waals surface area contributed by atoms with E-state index in [1.807, 2.05) is 20.8 Å². The second-order valence-electron chi connectivity index (χ2n) is 4.83. The second kappa shape index (κ2) is 8.56. The van der Waals surface area contributed by atoms with Gasteiger partial charge in [0.2, 0.25) is 0 Å². The van der Waals surface area contributed by atoms with Crippen LogP contribution in [0.4, 0.5) is 0 Å². The van der Waals surface area contributed by atoms with Gasteiger partial charge in [0.05, 0.1) is 19.1 Å². The number of esters is 1. The molecule has 1 aliphatic carbocycles. The molecule has 0 heterocycles. The van der Waals surface area contributed by atoms with E-state index in [2.05, 4.69) is 27.8 Å². The van der Waals surface area contributed by atoms with Crippen molar-refractivity contribution >= 4 is 11.9 Å². The van der Waals surface area contributed by atoms with Crippen molar-refractivity contribution in [3.63, 3.8) is 0 Å². The Bertz CT molecular complexity index is 330. The van der Waals surface area contributed by atoms with E-state index in [9.17, 15) is 4.79 Å². The number of nitrogens with zero attached hydrogens (tertiary/aromatic N) is 1. The van der Waals surface area contributed by atoms with Gasteiger partial charge in [-0.05, 0) is 33.6 Å². The van der Waals surface area contributed by atoms with Crippen molar-refractivity contribution < 1.29 is 9.53 Å². The molecule has 0 radical (unpaired) electrons. The van der Waals surface area contributed by atoms with Crippen molar-refractivity contribution in [3.05, 3.63) is 12.2 Å². The molecule has 0 atom stereocenters. The first-order valence-corrected chi connectivity index (χ1v) is 7.01. The Kier molecular flexibility index (Phi) is 7.00. The number of nitrogens with one attached hydrogen (secondary N) is 2. The molecular weight excluding hydrogens is 242 g/mol. The normalized spacial score (nSPS) is 15.9. The van der Waals surface area contributed by atoms with Crippen LogP contribution in [0.15, 0.2) is 17.1 Å². The highest BCUT2D eigenvalue weighted by molar-refractivity contribution is 5.80. The van der Waals surface area contributed by atoms with Crippen LogP contribution in [0.25, 0.3) is 0 Å². The van der Waals surface area contributed by atoms with Crippen LogP contribution in [-0.2, 0) is 9.53 Å². The number of aliphatic imine (C=N–C) groups is 1. The summed E-state index contributed by atoms with van der Waals surface area (Å²) in [6.07, 6.45) is 6.65. The third-order valence-electron chi connectivity index (χ3n) is 2.65. The molecule has 19 heavy (non-hydrogen) atoms. The zero-order valence-corrected chi connectivity index (χ0v) is 12.1. The van der Waals surface area contributed by atoms with Crippen LogP contribution >= 0.6 is 0 Å². The summed E-state index contributed by atoms with van der Waals surface area (Å²) in [7, 11) is 0. The SMILES string of the molecule is CCNC(=NCCC(=O)OC(C)C)NC1CC=CC1. The number of guanidine groups is 1. The number of rotatable bonds is 6. The van der Waals surface area contributed by atoms with E-state index >= 15 is 0 Å². The van der Waals surface area contributed by atoms with Crippen LogP contribution in [0.2, 0.25) is 0 Å². The minimum absolute atomic E-state index is 0.0626. The Morgan fingerprint density at radius 2 is 2.11 bits per heavy atom. The zero-order valence-electron chi connectivity index (χ0n) is 12.1. The quantitative estimate of drug-likeness (QED) is 0.332. The van der Waals surface area contributed by atoms with Crippen molar-refractivity contribution in [3.8, 4) is 0 Å². The lowest BCUT2D eigenvalue weighted by atomic mass is 10.2. The van der Waals surface area contributed by atoms with Crippen LogP contribution in [0.3, 0.4) is 0 Å². The molecule has 1 aliphatic rings. The van der Waals surface area contributed by atoms with Crippen LogP contribution in [0.1, 0.15) is 40.0 Å². The molecule has 0 unspecified atom stereocenters. The Morgan fingerprint density at radius 1 is 1.42 bits per heavy atom. The Hall–Kier alpha value is -1.52. The highest BCUT2D eigenvalue weighted by Gasteiger charge is 2.11. The topological polar surface area (TPSA) is 62.7 Å². The fraction of sp³-hybridized carbons (Fsp3) is 0.714. The summed E-state index contributed by atoms with van der Waals surface area (Å²) < 4.78 is 5.07. The maximum absolute atomic E-state index is 11.4. The summed E-state index contributed by atoms with van der Waals surface area (Å²) >= 11 is 0. The van der Waals surface area contributed by atoms with E-state index in [1.165, 1.54) is 0 Å². The third kappa shape index (κ3) is 6.84. The molecule has 0 saturated carbocycles. The zero-order chi connectivity index (χ0) is 14.1. The summed E-state index contributed by atoms with van der Waals surface area (Å²) in [5.41, 5.74) is 0. The molecule has 0 aromatic heterocycles. The van der Waals surface area contributed by atoms with Gasteiger partial charge in [-0.15, -0.1) is 0 Å². The molecule has 5 heteroatoms. The van der Waals surface area contributed by atoms with Gasteiger partial charge in [-0.1, -0.05) is 12.2 Å².